The van der Waals surface area contributed by atoms with Gasteiger partial charge in [0.2, 0.25) is 0 Å². The summed E-state index contributed by atoms with van der Waals surface area (Å²) in [4.78, 5) is 11.8. The minimum absolute atomic E-state index is 0.181. The number of nitrogens with one attached hydrogen (secondary N) is 1. The molecule has 4 nitrogen and oxygen atoms in total. The highest BCUT2D eigenvalue weighted by Crippen LogP contribution is 2.17. The molecule has 0 aliphatic rings. The lowest BCUT2D eigenvalue weighted by atomic mass is 10.2. The highest BCUT2D eigenvalue weighted by molar-refractivity contribution is 14.1. The smallest absolute Gasteiger partial charge is 0.257 e. The van der Waals surface area contributed by atoms with Crippen molar-refractivity contribution in [3.8, 4) is 0 Å². The van der Waals surface area contributed by atoms with Gasteiger partial charge in [-0.2, -0.15) is 10.2 Å². The number of anilines is 1. The van der Waals surface area contributed by atoms with E-state index in [4.69, 9.17) is 0 Å². The van der Waals surface area contributed by atoms with Crippen LogP contribution in [0.4, 0.5) is 5.69 Å². The van der Waals surface area contributed by atoms with Crippen molar-refractivity contribution in [1.82, 2.24) is 10.2 Å². The topological polar surface area (TPSA) is 54.9 Å². The van der Waals surface area contributed by atoms with Gasteiger partial charge in [-0.15, -0.1) is 0 Å². The number of benzene rings is 1. The largest absolute Gasteiger partial charge is 0.321 e. The second-order valence-corrected chi connectivity index (χ2v) is 4.23. The van der Waals surface area contributed by atoms with E-state index in [0.717, 1.165) is 9.26 Å². The van der Waals surface area contributed by atoms with E-state index in [1.165, 1.54) is 12.4 Å². The zero-order valence-electron chi connectivity index (χ0n) is 8.22. The maximum Gasteiger partial charge on any atom is 0.257 e. The van der Waals surface area contributed by atoms with Crippen LogP contribution in [-0.2, 0) is 0 Å². The molecule has 1 heterocycles. The molecule has 2 rings (SSSR count). The number of amides is 1. The molecule has 0 aliphatic carbocycles. The van der Waals surface area contributed by atoms with Crippen LogP contribution >= 0.6 is 22.6 Å². The van der Waals surface area contributed by atoms with Gasteiger partial charge in [0.1, 0.15) is 0 Å². The van der Waals surface area contributed by atoms with Gasteiger partial charge in [0.15, 0.2) is 0 Å². The molecule has 0 unspecified atom stereocenters. The average Bonchev–Trinajstić information content (AvgIpc) is 2.33. The lowest BCUT2D eigenvalue weighted by molar-refractivity contribution is 0.102. The Balaban J connectivity index is 2.18. The van der Waals surface area contributed by atoms with Crippen LogP contribution in [-0.4, -0.2) is 16.1 Å². The molecule has 16 heavy (non-hydrogen) atoms. The first-order valence-corrected chi connectivity index (χ1v) is 5.68. The summed E-state index contributed by atoms with van der Waals surface area (Å²) in [6.45, 7) is 0. The van der Waals surface area contributed by atoms with Crippen LogP contribution in [0.25, 0.3) is 0 Å². The summed E-state index contributed by atoms with van der Waals surface area (Å²) in [5, 5.41) is 10.1. The van der Waals surface area contributed by atoms with Crippen LogP contribution in [0.15, 0.2) is 42.7 Å². The quantitative estimate of drug-likeness (QED) is 0.863. The Morgan fingerprint density at radius 1 is 1.19 bits per heavy atom. The summed E-state index contributed by atoms with van der Waals surface area (Å²) >= 11 is 2.17. The van der Waals surface area contributed by atoms with Crippen LogP contribution in [0.2, 0.25) is 0 Å². The van der Waals surface area contributed by atoms with Gasteiger partial charge in [0.25, 0.3) is 5.91 Å². The molecule has 1 aromatic heterocycles. The second kappa shape index (κ2) is 5.02. The van der Waals surface area contributed by atoms with Gasteiger partial charge in [0, 0.05) is 3.57 Å². The maximum absolute atomic E-state index is 11.8. The van der Waals surface area contributed by atoms with Crippen LogP contribution in [0.3, 0.4) is 0 Å². The first-order valence-electron chi connectivity index (χ1n) is 4.60. The van der Waals surface area contributed by atoms with Crippen LogP contribution in [0.1, 0.15) is 10.4 Å². The normalized spacial score (nSPS) is 9.81. The second-order valence-electron chi connectivity index (χ2n) is 3.07. The first-order chi connectivity index (χ1) is 7.77. The Hall–Kier alpha value is -1.50. The number of hydrogen-bond acceptors (Lipinski definition) is 3. The fraction of sp³-hybridized carbons (Fsp3) is 0. The lowest BCUT2D eigenvalue weighted by Gasteiger charge is -2.06. The molecular formula is C11H8IN3O. The molecule has 0 radical (unpaired) electrons. The molecule has 80 valence electrons. The fourth-order valence-corrected chi connectivity index (χ4v) is 1.70. The van der Waals surface area contributed by atoms with Gasteiger partial charge in [-0.05, 0) is 40.8 Å². The van der Waals surface area contributed by atoms with E-state index < -0.39 is 0 Å². The van der Waals surface area contributed by atoms with Crippen LogP contribution in [0.5, 0.6) is 0 Å². The molecule has 0 atom stereocenters. The van der Waals surface area contributed by atoms with E-state index in [9.17, 15) is 4.79 Å². The molecule has 2 aromatic rings. The molecule has 0 aliphatic heterocycles. The van der Waals surface area contributed by atoms with E-state index in [1.807, 2.05) is 24.3 Å². The minimum atomic E-state index is -0.181. The molecule has 0 saturated heterocycles. The van der Waals surface area contributed by atoms with Crippen molar-refractivity contribution in [2.24, 2.45) is 0 Å². The van der Waals surface area contributed by atoms with E-state index in [-0.39, 0.29) is 5.91 Å². The molecule has 5 heteroatoms. The average molecular weight is 325 g/mol. The molecular weight excluding hydrogens is 317 g/mol. The van der Waals surface area contributed by atoms with Crippen molar-refractivity contribution in [3.63, 3.8) is 0 Å². The Labute approximate surface area is 106 Å². The summed E-state index contributed by atoms with van der Waals surface area (Å²) in [5.41, 5.74) is 1.29. The number of carbonyl (C=O) groups is 1. The van der Waals surface area contributed by atoms with Crippen molar-refractivity contribution in [3.05, 3.63) is 51.9 Å². The van der Waals surface area contributed by atoms with E-state index in [2.05, 4.69) is 38.1 Å². The summed E-state index contributed by atoms with van der Waals surface area (Å²) in [5.74, 6) is -0.181. The molecule has 1 aromatic carbocycles. The zero-order valence-corrected chi connectivity index (χ0v) is 10.4. The number of nitrogens with zero attached hydrogens (tertiary/aromatic N) is 2. The Morgan fingerprint density at radius 3 is 2.69 bits per heavy atom. The highest BCUT2D eigenvalue weighted by atomic mass is 127. The third kappa shape index (κ3) is 2.54. The van der Waals surface area contributed by atoms with Gasteiger partial charge in [-0.3, -0.25) is 4.79 Å². The maximum atomic E-state index is 11.8. The minimum Gasteiger partial charge on any atom is -0.321 e. The summed E-state index contributed by atoms with van der Waals surface area (Å²) < 4.78 is 0.996. The lowest BCUT2D eigenvalue weighted by Crippen LogP contribution is -2.13. The van der Waals surface area contributed by atoms with E-state index >= 15 is 0 Å². The molecule has 0 saturated carbocycles. The standard InChI is InChI=1S/C11H8IN3O/c12-9-3-1-2-4-10(9)15-11(16)8-5-6-13-14-7-8/h1-7H,(H,15,16). The zero-order chi connectivity index (χ0) is 11.4. The van der Waals surface area contributed by atoms with Crippen LogP contribution < -0.4 is 5.32 Å². The van der Waals surface area contributed by atoms with Crippen molar-refractivity contribution in [2.45, 2.75) is 0 Å². The monoisotopic (exact) mass is 325 g/mol. The van der Waals surface area contributed by atoms with Gasteiger partial charge >= 0.3 is 0 Å². The fourth-order valence-electron chi connectivity index (χ4n) is 1.18. The third-order valence-electron chi connectivity index (χ3n) is 1.97. The first kappa shape index (κ1) is 11.0. The number of hydrogen-bond donors (Lipinski definition) is 1. The van der Waals surface area contributed by atoms with Crippen molar-refractivity contribution < 1.29 is 4.79 Å². The highest BCUT2D eigenvalue weighted by Gasteiger charge is 2.07. The van der Waals surface area contributed by atoms with E-state index in [1.54, 1.807) is 6.07 Å². The summed E-state index contributed by atoms with van der Waals surface area (Å²) in [7, 11) is 0. The predicted octanol–water partition coefficient (Wildman–Crippen LogP) is 2.33. The Kier molecular flexibility index (Phi) is 3.45. The van der Waals surface area contributed by atoms with Gasteiger partial charge in [0.05, 0.1) is 23.6 Å². The predicted molar refractivity (Wildman–Crippen MR) is 69.1 cm³/mol. The van der Waals surface area contributed by atoms with Gasteiger partial charge < -0.3 is 5.32 Å². The van der Waals surface area contributed by atoms with Crippen molar-refractivity contribution in [2.75, 3.05) is 5.32 Å². The molecule has 0 spiro atoms. The SMILES string of the molecule is O=C(Nc1ccccc1I)c1ccnnc1. The number of aromatic nitrogens is 2. The molecule has 1 amide bonds. The Bertz CT molecular complexity index is 502. The van der Waals surface area contributed by atoms with Crippen molar-refractivity contribution >= 4 is 34.2 Å². The van der Waals surface area contributed by atoms with E-state index in [0.29, 0.717) is 5.56 Å². The summed E-state index contributed by atoms with van der Waals surface area (Å²) in [6, 6.07) is 9.21. The van der Waals surface area contributed by atoms with Crippen LogP contribution in [0, 0.1) is 3.57 Å². The number of para-hydroxylation sites is 1. The molecule has 0 bridgehead atoms. The number of carbonyl (C=O) groups excluding carboxylic acids is 1. The number of halogens is 1. The van der Waals surface area contributed by atoms with Crippen molar-refractivity contribution in [1.29, 1.82) is 0 Å². The number of rotatable bonds is 2. The third-order valence-corrected chi connectivity index (χ3v) is 2.91. The summed E-state index contributed by atoms with van der Waals surface area (Å²) in [6.07, 6.45) is 2.93. The van der Waals surface area contributed by atoms with Gasteiger partial charge in [-0.25, -0.2) is 0 Å². The molecule has 0 fully saturated rings. The molecule has 1 N–H and O–H groups in total. The Morgan fingerprint density at radius 2 is 2.00 bits per heavy atom. The van der Waals surface area contributed by atoms with Gasteiger partial charge in [-0.1, -0.05) is 12.1 Å².